The number of nitrogens with one attached hydrogen (secondary N) is 2. The van der Waals surface area contributed by atoms with Crippen LogP contribution in [0.25, 0.3) is 0 Å². The summed E-state index contributed by atoms with van der Waals surface area (Å²) in [6, 6.07) is 0.314. The average Bonchev–Trinajstić information content (AvgIpc) is 2.54. The van der Waals surface area contributed by atoms with Crippen LogP contribution in [0.3, 0.4) is 0 Å². The van der Waals surface area contributed by atoms with Gasteiger partial charge in [0.1, 0.15) is 0 Å². The highest BCUT2D eigenvalue weighted by atomic mass is 32.2. The summed E-state index contributed by atoms with van der Waals surface area (Å²) in [6.07, 6.45) is 2.26. The molecule has 2 aliphatic heterocycles. The molecule has 2 saturated heterocycles. The molecule has 2 rings (SSSR count). The maximum atomic E-state index is 12.3. The average molecular weight is 326 g/mol. The summed E-state index contributed by atoms with van der Waals surface area (Å²) >= 11 is 1.91. The van der Waals surface area contributed by atoms with Crippen molar-refractivity contribution in [3.8, 4) is 0 Å². The molecule has 0 saturated carbocycles. The molecular weight excluding hydrogens is 300 g/mol. The maximum Gasteiger partial charge on any atom is 0.234 e. The lowest BCUT2D eigenvalue weighted by Crippen LogP contribution is -2.52. The molecule has 0 aromatic carbocycles. The third-order valence-corrected chi connectivity index (χ3v) is 5.09. The van der Waals surface area contributed by atoms with Crippen molar-refractivity contribution in [2.24, 2.45) is 0 Å². The second-order valence-electron chi connectivity index (χ2n) is 5.68. The van der Waals surface area contributed by atoms with Crippen molar-refractivity contribution in [1.82, 2.24) is 20.4 Å². The van der Waals surface area contributed by atoms with Crippen molar-refractivity contribution < 1.29 is 9.59 Å². The van der Waals surface area contributed by atoms with Crippen molar-refractivity contribution >= 4 is 23.6 Å². The Bertz CT molecular complexity index is 391. The summed E-state index contributed by atoms with van der Waals surface area (Å²) in [5.74, 6) is 2.41. The van der Waals surface area contributed by atoms with Crippen LogP contribution in [0, 0.1) is 0 Å². The van der Waals surface area contributed by atoms with Crippen LogP contribution in [0.5, 0.6) is 0 Å². The Morgan fingerprint density at radius 1 is 1.32 bits per heavy atom. The molecule has 6 nitrogen and oxygen atoms in total. The van der Waals surface area contributed by atoms with E-state index >= 15 is 0 Å². The molecular formula is C15H26N4O2S. The predicted octanol–water partition coefficient (Wildman–Crippen LogP) is -0.472. The fourth-order valence-corrected chi connectivity index (χ4v) is 3.64. The molecule has 2 heterocycles. The zero-order chi connectivity index (χ0) is 15.8. The number of rotatable bonds is 6. The molecule has 0 radical (unpaired) electrons. The number of hydrogen-bond acceptors (Lipinski definition) is 5. The van der Waals surface area contributed by atoms with E-state index in [0.717, 1.165) is 31.1 Å². The monoisotopic (exact) mass is 326 g/mol. The van der Waals surface area contributed by atoms with E-state index in [1.165, 1.54) is 0 Å². The summed E-state index contributed by atoms with van der Waals surface area (Å²) in [6.45, 7) is 8.44. The first-order valence-corrected chi connectivity index (χ1v) is 9.03. The van der Waals surface area contributed by atoms with Crippen LogP contribution in [-0.2, 0) is 9.59 Å². The molecule has 0 aromatic rings. The largest absolute Gasteiger partial charge is 0.352 e. The SMILES string of the molecule is C=CCNC(=O)CN1CCN(C(=O)CC2CSCCN2)CC1. The standard InChI is InChI=1S/C15H26N4O2S/c1-2-3-17-14(20)11-18-5-7-19(8-6-18)15(21)10-13-12-22-9-4-16-13/h2,13,16H,1,3-12H2,(H,17,20). The summed E-state index contributed by atoms with van der Waals surface area (Å²) in [7, 11) is 0. The first kappa shape index (κ1) is 17.3. The number of thioether (sulfide) groups is 1. The van der Waals surface area contributed by atoms with Gasteiger partial charge in [-0.25, -0.2) is 0 Å². The molecule has 0 aliphatic carbocycles. The van der Waals surface area contributed by atoms with Crippen molar-refractivity contribution in [3.05, 3.63) is 12.7 Å². The Hall–Kier alpha value is -1.05. The third-order valence-electron chi connectivity index (χ3n) is 3.96. The summed E-state index contributed by atoms with van der Waals surface area (Å²) in [5.41, 5.74) is 0. The van der Waals surface area contributed by atoms with Gasteiger partial charge in [0.2, 0.25) is 11.8 Å². The number of hydrogen-bond donors (Lipinski definition) is 2. The molecule has 2 fully saturated rings. The molecule has 2 aliphatic rings. The van der Waals surface area contributed by atoms with Gasteiger partial charge in [-0.2, -0.15) is 11.8 Å². The summed E-state index contributed by atoms with van der Waals surface area (Å²) in [4.78, 5) is 28.0. The molecule has 7 heteroatoms. The predicted molar refractivity (Wildman–Crippen MR) is 90.0 cm³/mol. The minimum Gasteiger partial charge on any atom is -0.352 e. The van der Waals surface area contributed by atoms with Gasteiger partial charge in [-0.15, -0.1) is 6.58 Å². The van der Waals surface area contributed by atoms with Crippen LogP contribution >= 0.6 is 11.8 Å². The van der Waals surface area contributed by atoms with Crippen LogP contribution in [0.4, 0.5) is 0 Å². The first-order valence-electron chi connectivity index (χ1n) is 7.88. The van der Waals surface area contributed by atoms with E-state index in [1.807, 2.05) is 16.7 Å². The van der Waals surface area contributed by atoms with E-state index < -0.39 is 0 Å². The second kappa shape index (κ2) is 9.17. The summed E-state index contributed by atoms with van der Waals surface area (Å²) in [5, 5.41) is 6.18. The van der Waals surface area contributed by atoms with Gasteiger partial charge in [-0.1, -0.05) is 6.08 Å². The van der Waals surface area contributed by atoms with E-state index in [1.54, 1.807) is 6.08 Å². The van der Waals surface area contributed by atoms with E-state index in [2.05, 4.69) is 22.1 Å². The quantitative estimate of drug-likeness (QED) is 0.646. The number of amides is 2. The lowest BCUT2D eigenvalue weighted by molar-refractivity contribution is -0.133. The zero-order valence-corrected chi connectivity index (χ0v) is 13.9. The summed E-state index contributed by atoms with van der Waals surface area (Å²) < 4.78 is 0. The molecule has 0 aromatic heterocycles. The first-order chi connectivity index (χ1) is 10.7. The van der Waals surface area contributed by atoms with Gasteiger partial charge in [0.05, 0.1) is 6.54 Å². The molecule has 2 amide bonds. The molecule has 2 N–H and O–H groups in total. The minimum atomic E-state index is 0.0168. The van der Waals surface area contributed by atoms with E-state index in [0.29, 0.717) is 38.6 Å². The van der Waals surface area contributed by atoms with E-state index in [-0.39, 0.29) is 11.8 Å². The van der Waals surface area contributed by atoms with Crippen molar-refractivity contribution in [1.29, 1.82) is 0 Å². The van der Waals surface area contributed by atoms with Gasteiger partial charge in [0, 0.05) is 63.2 Å². The lowest BCUT2D eigenvalue weighted by atomic mass is 10.2. The Morgan fingerprint density at radius 2 is 2.09 bits per heavy atom. The molecule has 1 unspecified atom stereocenters. The Morgan fingerprint density at radius 3 is 2.73 bits per heavy atom. The molecule has 0 bridgehead atoms. The van der Waals surface area contributed by atoms with Gasteiger partial charge < -0.3 is 15.5 Å². The fourth-order valence-electron chi connectivity index (χ4n) is 2.69. The van der Waals surface area contributed by atoms with Crippen molar-refractivity contribution in [3.63, 3.8) is 0 Å². The third kappa shape index (κ3) is 5.62. The Labute approximate surface area is 136 Å². The number of carbonyl (C=O) groups excluding carboxylic acids is 2. The Balaban J connectivity index is 1.66. The van der Waals surface area contributed by atoms with Crippen LogP contribution < -0.4 is 10.6 Å². The van der Waals surface area contributed by atoms with Crippen LogP contribution in [0.15, 0.2) is 12.7 Å². The van der Waals surface area contributed by atoms with Gasteiger partial charge in [0.25, 0.3) is 0 Å². The number of nitrogens with zero attached hydrogens (tertiary/aromatic N) is 2. The Kier molecular flexibility index (Phi) is 7.21. The highest BCUT2D eigenvalue weighted by Gasteiger charge is 2.25. The molecule has 124 valence electrons. The molecule has 22 heavy (non-hydrogen) atoms. The normalized spacial score (nSPS) is 23.1. The smallest absolute Gasteiger partial charge is 0.234 e. The number of piperazine rings is 1. The topological polar surface area (TPSA) is 64.7 Å². The van der Waals surface area contributed by atoms with E-state index in [9.17, 15) is 9.59 Å². The van der Waals surface area contributed by atoms with Crippen LogP contribution in [0.2, 0.25) is 0 Å². The van der Waals surface area contributed by atoms with Gasteiger partial charge in [-0.05, 0) is 0 Å². The number of carbonyl (C=O) groups is 2. The fraction of sp³-hybridized carbons (Fsp3) is 0.733. The van der Waals surface area contributed by atoms with Crippen LogP contribution in [0.1, 0.15) is 6.42 Å². The second-order valence-corrected chi connectivity index (χ2v) is 6.83. The maximum absolute atomic E-state index is 12.3. The minimum absolute atomic E-state index is 0.0168. The van der Waals surface area contributed by atoms with Crippen molar-refractivity contribution in [2.45, 2.75) is 12.5 Å². The molecule has 0 spiro atoms. The lowest BCUT2D eigenvalue weighted by Gasteiger charge is -2.35. The highest BCUT2D eigenvalue weighted by Crippen LogP contribution is 2.12. The van der Waals surface area contributed by atoms with Crippen LogP contribution in [-0.4, -0.2) is 85.0 Å². The van der Waals surface area contributed by atoms with Gasteiger partial charge >= 0.3 is 0 Å². The highest BCUT2D eigenvalue weighted by molar-refractivity contribution is 7.99. The molecule has 1 atom stereocenters. The van der Waals surface area contributed by atoms with E-state index in [4.69, 9.17) is 0 Å². The van der Waals surface area contributed by atoms with Crippen molar-refractivity contribution in [2.75, 3.05) is 57.3 Å². The zero-order valence-electron chi connectivity index (χ0n) is 13.1. The van der Waals surface area contributed by atoms with Gasteiger partial charge in [-0.3, -0.25) is 14.5 Å². The van der Waals surface area contributed by atoms with Gasteiger partial charge in [0.15, 0.2) is 0 Å².